The highest BCUT2D eigenvalue weighted by Gasteiger charge is 2.29. The van der Waals surface area contributed by atoms with Crippen LogP contribution < -0.4 is 0 Å². The lowest BCUT2D eigenvalue weighted by Crippen LogP contribution is -2.28. The molecule has 1 unspecified atom stereocenters. The Labute approximate surface area is 192 Å². The third-order valence-electron chi connectivity index (χ3n) is 6.72. The largest absolute Gasteiger partial charge is 0.436 e. The predicted molar refractivity (Wildman–Crippen MR) is 132 cm³/mol. The van der Waals surface area contributed by atoms with Gasteiger partial charge in [0.05, 0.1) is 11.9 Å². The van der Waals surface area contributed by atoms with Gasteiger partial charge in [-0.1, -0.05) is 72.2 Å². The minimum Gasteiger partial charge on any atom is -0.436 e. The summed E-state index contributed by atoms with van der Waals surface area (Å²) in [6, 6.07) is 15.0. The van der Waals surface area contributed by atoms with E-state index in [-0.39, 0.29) is 0 Å². The fourth-order valence-electron chi connectivity index (χ4n) is 4.97. The molecule has 1 aliphatic heterocycles. The van der Waals surface area contributed by atoms with Crippen LogP contribution >= 0.6 is 22.6 Å². The zero-order valence-corrected chi connectivity index (χ0v) is 19.6. The number of benzene rings is 2. The van der Waals surface area contributed by atoms with Crippen molar-refractivity contribution >= 4 is 34.0 Å². The highest BCUT2D eigenvalue weighted by molar-refractivity contribution is 14.1. The molecule has 2 aromatic carbocycles. The van der Waals surface area contributed by atoms with E-state index in [1.54, 1.807) is 0 Å². The molecule has 1 aliphatic carbocycles. The second-order valence-electron chi connectivity index (χ2n) is 8.67. The van der Waals surface area contributed by atoms with Crippen molar-refractivity contribution in [1.82, 2.24) is 4.98 Å². The van der Waals surface area contributed by atoms with Gasteiger partial charge in [0.25, 0.3) is 0 Å². The maximum atomic E-state index is 6.10. The summed E-state index contributed by atoms with van der Waals surface area (Å²) in [5, 5.41) is 0. The fraction of sp³-hybridized carbons (Fsp3) is 0.385. The molecular formula is C26H27IN2O. The number of nitrogens with zero attached hydrogens (tertiary/aromatic N) is 2. The molecule has 0 saturated heterocycles. The van der Waals surface area contributed by atoms with Crippen LogP contribution in [-0.2, 0) is 10.8 Å². The van der Waals surface area contributed by atoms with Crippen LogP contribution in [0.25, 0.3) is 22.8 Å². The van der Waals surface area contributed by atoms with Gasteiger partial charge in [-0.2, -0.15) is 0 Å². The van der Waals surface area contributed by atoms with Crippen LogP contribution in [0.15, 0.2) is 58.1 Å². The van der Waals surface area contributed by atoms with E-state index in [1.807, 2.05) is 6.20 Å². The summed E-state index contributed by atoms with van der Waals surface area (Å²) < 4.78 is 7.11. The van der Waals surface area contributed by atoms with Crippen molar-refractivity contribution in [3.8, 4) is 22.8 Å². The highest BCUT2D eigenvalue weighted by atomic mass is 127. The molecule has 1 saturated carbocycles. The molecule has 30 heavy (non-hydrogen) atoms. The Morgan fingerprint density at radius 3 is 2.53 bits per heavy atom. The van der Waals surface area contributed by atoms with Crippen LogP contribution in [0.5, 0.6) is 0 Å². The average molecular weight is 510 g/mol. The molecule has 0 radical (unpaired) electrons. The molecule has 1 atom stereocenters. The van der Waals surface area contributed by atoms with Crippen molar-refractivity contribution in [2.24, 2.45) is 16.8 Å². The molecule has 154 valence electrons. The molecule has 2 heterocycles. The summed E-state index contributed by atoms with van der Waals surface area (Å²) in [4.78, 5) is 9.56. The number of oxazole rings is 1. The molecule has 4 heteroatoms. The third kappa shape index (κ3) is 3.98. The number of aromatic nitrogens is 1. The number of aliphatic imine (C=N–C) groups is 1. The summed E-state index contributed by atoms with van der Waals surface area (Å²) in [5.41, 5.74) is 7.12. The second-order valence-corrected chi connectivity index (χ2v) is 9.43. The predicted octanol–water partition coefficient (Wildman–Crippen LogP) is 7.79. The number of hydrogen-bond acceptors (Lipinski definition) is 3. The Kier molecular flexibility index (Phi) is 5.77. The van der Waals surface area contributed by atoms with Gasteiger partial charge in [-0.25, -0.2) is 4.98 Å². The summed E-state index contributed by atoms with van der Waals surface area (Å²) in [7, 11) is 0. The fourth-order valence-corrected chi connectivity index (χ4v) is 5.48. The van der Waals surface area contributed by atoms with Crippen molar-refractivity contribution in [1.29, 1.82) is 0 Å². The summed E-state index contributed by atoms with van der Waals surface area (Å²) in [6.07, 6.45) is 9.84. The number of halogens is 1. The Balaban J connectivity index is 1.39. The first-order chi connectivity index (χ1) is 14.7. The first-order valence-corrected chi connectivity index (χ1v) is 12.5. The Hall–Kier alpha value is -1.95. The van der Waals surface area contributed by atoms with Gasteiger partial charge in [-0.05, 0) is 55.4 Å². The van der Waals surface area contributed by atoms with E-state index in [4.69, 9.17) is 9.41 Å². The molecule has 3 nitrogen and oxygen atoms in total. The minimum absolute atomic E-state index is 0.613. The maximum absolute atomic E-state index is 6.10. The van der Waals surface area contributed by atoms with E-state index in [9.17, 15) is 0 Å². The number of alkyl halides is 1. The lowest BCUT2D eigenvalue weighted by atomic mass is 9.74. The molecule has 0 bridgehead atoms. The molecule has 1 aromatic heterocycles. The smallest absolute Gasteiger partial charge is 0.226 e. The zero-order chi connectivity index (χ0) is 20.5. The SMILES string of the molecule is CC1=Nc2cc(-c3ncc(-c4ccc(CI)cc4)o3)ccc2CC1C1CCCCC1. The number of fused-ring (bicyclic) bond motifs is 1. The first kappa shape index (κ1) is 20.0. The van der Waals surface area contributed by atoms with Crippen molar-refractivity contribution in [2.45, 2.75) is 49.9 Å². The van der Waals surface area contributed by atoms with Gasteiger partial charge in [0.1, 0.15) is 0 Å². The van der Waals surface area contributed by atoms with E-state index in [1.165, 1.54) is 48.9 Å². The van der Waals surface area contributed by atoms with E-state index in [0.29, 0.717) is 11.8 Å². The standard InChI is InChI=1S/C26H27IN2O/c1-17-23(19-5-3-2-4-6-19)13-21-11-12-22(14-24(21)29-17)26-28-16-25(30-26)20-9-7-18(15-27)8-10-20/h7-12,14,16,19,23H,2-6,13,15H2,1H3. The van der Waals surface area contributed by atoms with Gasteiger partial charge < -0.3 is 4.42 Å². The van der Waals surface area contributed by atoms with E-state index in [0.717, 1.165) is 39.3 Å². The van der Waals surface area contributed by atoms with Crippen molar-refractivity contribution in [2.75, 3.05) is 0 Å². The van der Waals surface area contributed by atoms with Gasteiger partial charge in [-0.3, -0.25) is 4.99 Å². The summed E-state index contributed by atoms with van der Waals surface area (Å²) >= 11 is 2.38. The Bertz CT molecular complexity index is 1060. The number of hydrogen-bond donors (Lipinski definition) is 0. The highest BCUT2D eigenvalue weighted by Crippen LogP contribution is 2.39. The van der Waals surface area contributed by atoms with Gasteiger partial charge >= 0.3 is 0 Å². The Morgan fingerprint density at radius 1 is 1.00 bits per heavy atom. The van der Waals surface area contributed by atoms with Crippen LogP contribution in [0.2, 0.25) is 0 Å². The van der Waals surface area contributed by atoms with Gasteiger partial charge in [-0.15, -0.1) is 0 Å². The van der Waals surface area contributed by atoms with Crippen molar-refractivity contribution in [3.63, 3.8) is 0 Å². The van der Waals surface area contributed by atoms with Crippen molar-refractivity contribution in [3.05, 3.63) is 59.8 Å². The lowest BCUT2D eigenvalue weighted by molar-refractivity contribution is 0.296. The van der Waals surface area contributed by atoms with Gasteiger partial charge in [0, 0.05) is 27.2 Å². The van der Waals surface area contributed by atoms with Crippen LogP contribution in [0.1, 0.15) is 50.2 Å². The Morgan fingerprint density at radius 2 is 1.77 bits per heavy atom. The number of rotatable bonds is 4. The first-order valence-electron chi connectivity index (χ1n) is 11.0. The third-order valence-corrected chi connectivity index (χ3v) is 7.60. The van der Waals surface area contributed by atoms with Crippen LogP contribution in [0.4, 0.5) is 5.69 Å². The molecule has 0 spiro atoms. The molecular weight excluding hydrogens is 483 g/mol. The normalized spacial score (nSPS) is 19.4. The van der Waals surface area contributed by atoms with Crippen LogP contribution in [0, 0.1) is 11.8 Å². The van der Waals surface area contributed by atoms with Gasteiger partial charge in [0.2, 0.25) is 5.89 Å². The topological polar surface area (TPSA) is 38.4 Å². The molecule has 2 aliphatic rings. The lowest BCUT2D eigenvalue weighted by Gasteiger charge is -2.33. The quantitative estimate of drug-likeness (QED) is 0.266. The van der Waals surface area contributed by atoms with Crippen LogP contribution in [0.3, 0.4) is 0 Å². The minimum atomic E-state index is 0.613. The zero-order valence-electron chi connectivity index (χ0n) is 17.4. The van der Waals surface area contributed by atoms with Crippen molar-refractivity contribution < 1.29 is 4.42 Å². The molecule has 3 aromatic rings. The van der Waals surface area contributed by atoms with Gasteiger partial charge in [0.15, 0.2) is 5.76 Å². The molecule has 0 amide bonds. The second kappa shape index (κ2) is 8.66. The average Bonchev–Trinajstić information content (AvgIpc) is 3.29. The molecule has 0 N–H and O–H groups in total. The maximum Gasteiger partial charge on any atom is 0.226 e. The summed E-state index contributed by atoms with van der Waals surface area (Å²) in [6.45, 7) is 2.22. The van der Waals surface area contributed by atoms with E-state index in [2.05, 4.69) is 77.0 Å². The molecule has 5 rings (SSSR count). The summed E-state index contributed by atoms with van der Waals surface area (Å²) in [5.74, 6) is 2.89. The van der Waals surface area contributed by atoms with E-state index < -0.39 is 0 Å². The van der Waals surface area contributed by atoms with E-state index >= 15 is 0 Å². The molecule has 1 fully saturated rings. The van der Waals surface area contributed by atoms with Crippen LogP contribution in [-0.4, -0.2) is 10.7 Å². The monoisotopic (exact) mass is 510 g/mol.